The van der Waals surface area contributed by atoms with E-state index in [4.69, 9.17) is 0 Å². The van der Waals surface area contributed by atoms with Crippen LogP contribution in [0.2, 0.25) is 0 Å². The highest BCUT2D eigenvalue weighted by atomic mass is 127. The van der Waals surface area contributed by atoms with Crippen molar-refractivity contribution in [1.82, 2.24) is 15.6 Å². The van der Waals surface area contributed by atoms with Gasteiger partial charge < -0.3 is 10.6 Å². The van der Waals surface area contributed by atoms with Gasteiger partial charge in [0.25, 0.3) is 0 Å². The van der Waals surface area contributed by atoms with E-state index in [9.17, 15) is 0 Å². The number of hydrogen-bond acceptors (Lipinski definition) is 3. The number of aryl methyl sites for hydroxylation is 2. The van der Waals surface area contributed by atoms with Crippen LogP contribution >= 0.6 is 51.2 Å². The maximum atomic E-state index is 4.43. The first-order chi connectivity index (χ1) is 10.1. The molecule has 0 saturated carbocycles. The molecule has 7 heteroatoms. The molecule has 0 radical (unpaired) electrons. The minimum Gasteiger partial charge on any atom is -0.352 e. The maximum Gasteiger partial charge on any atom is 0.191 e. The van der Waals surface area contributed by atoms with Crippen LogP contribution in [0.1, 0.15) is 21.1 Å². The van der Waals surface area contributed by atoms with Gasteiger partial charge in [0, 0.05) is 22.9 Å². The fourth-order valence-electron chi connectivity index (χ4n) is 1.91. The molecule has 0 atom stereocenters. The number of aliphatic imine (C=N–C) groups is 1. The molecule has 4 nitrogen and oxygen atoms in total. The molecule has 0 bridgehead atoms. The summed E-state index contributed by atoms with van der Waals surface area (Å²) < 4.78 is 1.09. The predicted octanol–water partition coefficient (Wildman–Crippen LogP) is 4.01. The molecule has 2 aromatic rings. The second-order valence-corrected chi connectivity index (χ2v) is 6.85. The second kappa shape index (κ2) is 9.46. The van der Waals surface area contributed by atoms with Crippen molar-refractivity contribution < 1.29 is 0 Å². The highest BCUT2D eigenvalue weighted by molar-refractivity contribution is 14.0. The zero-order valence-electron chi connectivity index (χ0n) is 12.8. The first kappa shape index (κ1) is 19.4. The van der Waals surface area contributed by atoms with E-state index in [2.05, 4.69) is 48.7 Å². The van der Waals surface area contributed by atoms with Crippen molar-refractivity contribution in [1.29, 1.82) is 0 Å². The Kier molecular flexibility index (Phi) is 8.34. The quantitative estimate of drug-likeness (QED) is 0.383. The van der Waals surface area contributed by atoms with Gasteiger partial charge in [-0.1, -0.05) is 28.1 Å². The Morgan fingerprint density at radius 3 is 2.36 bits per heavy atom. The first-order valence-corrected chi connectivity index (χ1v) is 8.31. The van der Waals surface area contributed by atoms with E-state index in [-0.39, 0.29) is 24.0 Å². The summed E-state index contributed by atoms with van der Waals surface area (Å²) in [4.78, 5) is 9.92. The van der Waals surface area contributed by atoms with E-state index >= 15 is 0 Å². The van der Waals surface area contributed by atoms with Crippen LogP contribution in [-0.4, -0.2) is 18.0 Å². The van der Waals surface area contributed by atoms with E-state index < -0.39 is 0 Å². The summed E-state index contributed by atoms with van der Waals surface area (Å²) in [6.45, 7) is 5.56. The third-order valence-electron chi connectivity index (χ3n) is 3.01. The standard InChI is InChI=1S/C15H19BrN4S.HI/c1-10-14(21-11(2)20-10)9-19-15(17-3)18-8-12-4-6-13(16)7-5-12;/h4-7H,8-9H2,1-3H3,(H2,17,18,19);1H. The number of thiazole rings is 1. The zero-order chi connectivity index (χ0) is 15.2. The Balaban J connectivity index is 0.00000242. The van der Waals surface area contributed by atoms with Gasteiger partial charge in [-0.15, -0.1) is 35.3 Å². The lowest BCUT2D eigenvalue weighted by molar-refractivity contribution is 0.811. The lowest BCUT2D eigenvalue weighted by atomic mass is 10.2. The van der Waals surface area contributed by atoms with E-state index in [1.165, 1.54) is 10.4 Å². The fourth-order valence-corrected chi connectivity index (χ4v) is 3.05. The molecule has 0 fully saturated rings. The highest BCUT2D eigenvalue weighted by Gasteiger charge is 2.05. The molecular formula is C15H20BrIN4S. The molecule has 1 heterocycles. The number of aromatic nitrogens is 1. The summed E-state index contributed by atoms with van der Waals surface area (Å²) in [6.07, 6.45) is 0. The molecule has 22 heavy (non-hydrogen) atoms. The molecule has 0 unspecified atom stereocenters. The largest absolute Gasteiger partial charge is 0.352 e. The number of hydrogen-bond donors (Lipinski definition) is 2. The van der Waals surface area contributed by atoms with Crippen LogP contribution in [0.25, 0.3) is 0 Å². The van der Waals surface area contributed by atoms with E-state index in [1.807, 2.05) is 26.0 Å². The van der Waals surface area contributed by atoms with Gasteiger partial charge in [0.1, 0.15) is 0 Å². The minimum absolute atomic E-state index is 0. The normalized spacial score (nSPS) is 11.0. The molecule has 2 N–H and O–H groups in total. The Hall–Kier alpha value is -0.670. The predicted molar refractivity (Wildman–Crippen MR) is 108 cm³/mol. The molecule has 0 amide bonds. The topological polar surface area (TPSA) is 49.3 Å². The average molecular weight is 495 g/mol. The number of halogens is 2. The summed E-state index contributed by atoms with van der Waals surface area (Å²) in [5.41, 5.74) is 2.30. The third-order valence-corrected chi connectivity index (χ3v) is 4.61. The van der Waals surface area contributed by atoms with E-state index in [0.717, 1.165) is 34.2 Å². The molecule has 0 aliphatic carbocycles. The number of benzene rings is 1. The zero-order valence-corrected chi connectivity index (χ0v) is 17.5. The number of nitrogens with zero attached hydrogens (tertiary/aromatic N) is 2. The third kappa shape index (κ3) is 5.85. The van der Waals surface area contributed by atoms with Crippen LogP contribution in [0.4, 0.5) is 0 Å². The van der Waals surface area contributed by atoms with Crippen molar-refractivity contribution in [3.8, 4) is 0 Å². The van der Waals surface area contributed by atoms with Gasteiger partial charge >= 0.3 is 0 Å². The number of rotatable bonds is 4. The first-order valence-electron chi connectivity index (χ1n) is 6.70. The molecule has 0 aliphatic rings. The van der Waals surface area contributed by atoms with Crippen LogP contribution in [0, 0.1) is 13.8 Å². The van der Waals surface area contributed by atoms with Crippen molar-refractivity contribution in [3.63, 3.8) is 0 Å². The monoisotopic (exact) mass is 494 g/mol. The van der Waals surface area contributed by atoms with Crippen LogP contribution in [0.5, 0.6) is 0 Å². The van der Waals surface area contributed by atoms with E-state index in [0.29, 0.717) is 0 Å². The molecule has 0 spiro atoms. The van der Waals surface area contributed by atoms with Gasteiger partial charge in [-0.3, -0.25) is 4.99 Å². The van der Waals surface area contributed by atoms with Gasteiger partial charge in [-0.25, -0.2) is 4.98 Å². The van der Waals surface area contributed by atoms with Gasteiger partial charge in [0.05, 0.1) is 17.2 Å². The summed E-state index contributed by atoms with van der Waals surface area (Å²) >= 11 is 5.16. The van der Waals surface area contributed by atoms with Gasteiger partial charge in [-0.2, -0.15) is 0 Å². The fraction of sp³-hybridized carbons (Fsp3) is 0.333. The van der Waals surface area contributed by atoms with E-state index in [1.54, 1.807) is 18.4 Å². The summed E-state index contributed by atoms with van der Waals surface area (Å²) in [5, 5.41) is 7.73. The second-order valence-electron chi connectivity index (χ2n) is 4.65. The van der Waals surface area contributed by atoms with Crippen LogP contribution in [-0.2, 0) is 13.1 Å². The van der Waals surface area contributed by atoms with Gasteiger partial charge in [0.15, 0.2) is 5.96 Å². The molecule has 2 rings (SSSR count). The molecule has 1 aromatic heterocycles. The Morgan fingerprint density at radius 2 is 1.82 bits per heavy atom. The molecular weight excluding hydrogens is 475 g/mol. The average Bonchev–Trinajstić information content (AvgIpc) is 2.79. The smallest absolute Gasteiger partial charge is 0.191 e. The Bertz CT molecular complexity index is 625. The maximum absolute atomic E-state index is 4.43. The highest BCUT2D eigenvalue weighted by Crippen LogP contribution is 2.16. The minimum atomic E-state index is 0. The van der Waals surface area contributed by atoms with Crippen LogP contribution in [0.3, 0.4) is 0 Å². The van der Waals surface area contributed by atoms with Crippen molar-refractivity contribution in [2.45, 2.75) is 26.9 Å². The van der Waals surface area contributed by atoms with Crippen molar-refractivity contribution in [2.75, 3.05) is 7.05 Å². The molecule has 1 aromatic carbocycles. The number of nitrogens with one attached hydrogen (secondary N) is 2. The van der Waals surface area contributed by atoms with Crippen molar-refractivity contribution in [3.05, 3.63) is 49.9 Å². The van der Waals surface area contributed by atoms with Gasteiger partial charge in [-0.05, 0) is 31.5 Å². The van der Waals surface area contributed by atoms with Crippen LogP contribution in [0.15, 0.2) is 33.7 Å². The Labute approximate surface area is 161 Å². The van der Waals surface area contributed by atoms with Crippen molar-refractivity contribution >= 4 is 57.2 Å². The van der Waals surface area contributed by atoms with Crippen molar-refractivity contribution in [2.24, 2.45) is 4.99 Å². The van der Waals surface area contributed by atoms with Gasteiger partial charge in [0.2, 0.25) is 0 Å². The summed E-state index contributed by atoms with van der Waals surface area (Å²) in [6, 6.07) is 8.25. The summed E-state index contributed by atoms with van der Waals surface area (Å²) in [7, 11) is 1.78. The summed E-state index contributed by atoms with van der Waals surface area (Å²) in [5.74, 6) is 0.795. The lowest BCUT2D eigenvalue weighted by Gasteiger charge is -2.11. The molecule has 0 aliphatic heterocycles. The van der Waals surface area contributed by atoms with Crippen LogP contribution < -0.4 is 10.6 Å². The Morgan fingerprint density at radius 1 is 1.18 bits per heavy atom. The SMILES string of the molecule is CN=C(NCc1ccc(Br)cc1)NCc1sc(C)nc1C.I. The number of guanidine groups is 1. The molecule has 0 saturated heterocycles. The lowest BCUT2D eigenvalue weighted by Crippen LogP contribution is -2.36. The molecule has 120 valence electrons.